The summed E-state index contributed by atoms with van der Waals surface area (Å²) in [4.78, 5) is 37.9. The summed E-state index contributed by atoms with van der Waals surface area (Å²) < 4.78 is 35.9. The Bertz CT molecular complexity index is 1500. The van der Waals surface area contributed by atoms with Gasteiger partial charge in [0.25, 0.3) is 0 Å². The van der Waals surface area contributed by atoms with Crippen LogP contribution in [0.1, 0.15) is 58.7 Å². The first-order valence-electron chi connectivity index (χ1n) is 13.6. The van der Waals surface area contributed by atoms with Gasteiger partial charge < -0.3 is 14.5 Å². The number of amidine groups is 1. The zero-order chi connectivity index (χ0) is 30.8. The van der Waals surface area contributed by atoms with E-state index in [1.807, 2.05) is 20.8 Å². The average Bonchev–Trinajstić information content (AvgIpc) is 3.36. The van der Waals surface area contributed by atoms with Gasteiger partial charge in [-0.05, 0) is 51.8 Å². The topological polar surface area (TPSA) is 87.1 Å². The van der Waals surface area contributed by atoms with E-state index in [2.05, 4.69) is 15.3 Å². The molecule has 0 aliphatic carbocycles. The highest BCUT2D eigenvalue weighted by molar-refractivity contribution is 7.14. The fourth-order valence-corrected chi connectivity index (χ4v) is 5.72. The Morgan fingerprint density at radius 1 is 1.14 bits per heavy atom. The molecule has 1 unspecified atom stereocenters. The summed E-state index contributed by atoms with van der Waals surface area (Å²) in [6.07, 6.45) is -0.458. The Balaban J connectivity index is 1.72. The quantitative estimate of drug-likeness (QED) is 0.239. The normalized spacial score (nSPS) is 16.1. The number of benzene rings is 2. The van der Waals surface area contributed by atoms with Crippen LogP contribution in [0.15, 0.2) is 46.9 Å². The molecular formula is C30H34ClF2N5O3S. The molecule has 1 aliphatic heterocycles. The maximum Gasteiger partial charge on any atom is 0.410 e. The summed E-state index contributed by atoms with van der Waals surface area (Å²) in [5.74, 6) is -1.17. The van der Waals surface area contributed by atoms with E-state index in [1.165, 1.54) is 35.6 Å². The van der Waals surface area contributed by atoms with Gasteiger partial charge in [0.1, 0.15) is 28.1 Å². The van der Waals surface area contributed by atoms with Gasteiger partial charge in [0.05, 0.1) is 16.8 Å². The number of thiazole rings is 1. The largest absolute Gasteiger partial charge is 0.444 e. The van der Waals surface area contributed by atoms with Gasteiger partial charge in [0.15, 0.2) is 0 Å². The third kappa shape index (κ3) is 7.25. The molecular weight excluding hydrogens is 584 g/mol. The number of carbonyl (C=O) groups excluding carboxylic acids is 2. The maximum atomic E-state index is 15.9. The third-order valence-electron chi connectivity index (χ3n) is 6.58. The molecule has 0 saturated carbocycles. The van der Waals surface area contributed by atoms with Crippen LogP contribution in [0.4, 0.5) is 23.4 Å². The molecule has 2 aromatic carbocycles. The molecule has 0 spiro atoms. The molecule has 1 aromatic heterocycles. The molecule has 1 atom stereocenters. The first kappa shape index (κ1) is 31.4. The number of aromatic nitrogens is 1. The Morgan fingerprint density at radius 3 is 2.50 bits per heavy atom. The Hall–Kier alpha value is -3.57. The minimum Gasteiger partial charge on any atom is -0.444 e. The van der Waals surface area contributed by atoms with Crippen LogP contribution in [0, 0.1) is 11.6 Å². The van der Waals surface area contributed by atoms with Gasteiger partial charge in [-0.3, -0.25) is 5.32 Å². The number of nitrogens with one attached hydrogen (secondary N) is 1. The van der Waals surface area contributed by atoms with Crippen LogP contribution in [0.25, 0.3) is 11.1 Å². The SMILES string of the molecule is CC(C)c1ncsc1NC(=O)N=C(c1cc(Cl)c(-c2ccccc2F)cc1F)N1CCN(C(=O)OC(C)(C)C)CC1C. The minimum absolute atomic E-state index is 0.0267. The fraction of sp³-hybridized carbons (Fsp3) is 0.400. The van der Waals surface area contributed by atoms with Gasteiger partial charge in [-0.25, -0.2) is 23.4 Å². The molecule has 0 bridgehead atoms. The highest BCUT2D eigenvalue weighted by Gasteiger charge is 2.33. The number of hydrogen-bond acceptors (Lipinski definition) is 5. The van der Waals surface area contributed by atoms with Gasteiger partial charge >= 0.3 is 12.1 Å². The summed E-state index contributed by atoms with van der Waals surface area (Å²) in [6, 6.07) is 7.36. The number of nitrogens with zero attached hydrogens (tertiary/aromatic N) is 4. The fourth-order valence-electron chi connectivity index (χ4n) is 4.63. The molecule has 2 heterocycles. The lowest BCUT2D eigenvalue weighted by Gasteiger charge is -2.41. The van der Waals surface area contributed by atoms with E-state index in [4.69, 9.17) is 16.3 Å². The van der Waals surface area contributed by atoms with Crippen molar-refractivity contribution >= 4 is 45.9 Å². The number of piperazine rings is 1. The average molecular weight is 618 g/mol. The highest BCUT2D eigenvalue weighted by Crippen LogP contribution is 2.33. The van der Waals surface area contributed by atoms with Crippen molar-refractivity contribution in [1.82, 2.24) is 14.8 Å². The molecule has 1 saturated heterocycles. The van der Waals surface area contributed by atoms with Gasteiger partial charge in [0.2, 0.25) is 0 Å². The van der Waals surface area contributed by atoms with E-state index in [1.54, 1.807) is 42.1 Å². The van der Waals surface area contributed by atoms with Gasteiger partial charge in [-0.15, -0.1) is 11.3 Å². The summed E-state index contributed by atoms with van der Waals surface area (Å²) in [5, 5.41) is 3.41. The van der Waals surface area contributed by atoms with Crippen LogP contribution < -0.4 is 5.32 Å². The van der Waals surface area contributed by atoms with Gasteiger partial charge in [-0.2, -0.15) is 4.99 Å². The van der Waals surface area contributed by atoms with E-state index in [-0.39, 0.29) is 59.1 Å². The van der Waals surface area contributed by atoms with Crippen LogP contribution in [0.2, 0.25) is 5.02 Å². The first-order chi connectivity index (χ1) is 19.7. The molecule has 42 heavy (non-hydrogen) atoms. The number of urea groups is 1. The number of amides is 3. The van der Waals surface area contributed by atoms with E-state index >= 15 is 4.39 Å². The van der Waals surface area contributed by atoms with Crippen LogP contribution in [0.5, 0.6) is 0 Å². The van der Waals surface area contributed by atoms with Crippen molar-refractivity contribution < 1.29 is 23.1 Å². The van der Waals surface area contributed by atoms with Crippen LogP contribution in [0.3, 0.4) is 0 Å². The molecule has 4 rings (SSSR count). The van der Waals surface area contributed by atoms with Crippen LogP contribution >= 0.6 is 22.9 Å². The van der Waals surface area contributed by atoms with E-state index in [0.29, 0.717) is 10.7 Å². The predicted octanol–water partition coefficient (Wildman–Crippen LogP) is 7.79. The van der Waals surface area contributed by atoms with Crippen molar-refractivity contribution in [2.75, 3.05) is 25.0 Å². The molecule has 1 fully saturated rings. The molecule has 3 amide bonds. The Labute approximate surface area is 253 Å². The van der Waals surface area contributed by atoms with Gasteiger partial charge in [0, 0.05) is 41.8 Å². The van der Waals surface area contributed by atoms with Crippen LogP contribution in [-0.2, 0) is 4.74 Å². The number of rotatable bonds is 4. The summed E-state index contributed by atoms with van der Waals surface area (Å²) in [6.45, 7) is 11.9. The van der Waals surface area contributed by atoms with Crippen molar-refractivity contribution in [3.8, 4) is 11.1 Å². The van der Waals surface area contributed by atoms with Crippen molar-refractivity contribution in [3.05, 3.63) is 69.8 Å². The summed E-state index contributed by atoms with van der Waals surface area (Å²) in [5.41, 5.74) is 1.99. The van der Waals surface area contributed by atoms with Crippen molar-refractivity contribution in [3.63, 3.8) is 0 Å². The summed E-state index contributed by atoms with van der Waals surface area (Å²) in [7, 11) is 0. The van der Waals surface area contributed by atoms with Crippen molar-refractivity contribution in [2.45, 2.75) is 59.1 Å². The molecule has 1 aliphatic rings. The first-order valence-corrected chi connectivity index (χ1v) is 14.8. The highest BCUT2D eigenvalue weighted by atomic mass is 35.5. The molecule has 3 aromatic rings. The zero-order valence-corrected chi connectivity index (χ0v) is 25.9. The number of ether oxygens (including phenoxy) is 1. The number of carbonyl (C=O) groups is 2. The predicted molar refractivity (Wildman–Crippen MR) is 163 cm³/mol. The molecule has 0 radical (unpaired) electrons. The van der Waals surface area contributed by atoms with Gasteiger partial charge in [-0.1, -0.05) is 43.6 Å². The number of hydrogen-bond donors (Lipinski definition) is 1. The molecule has 1 N–H and O–H groups in total. The van der Waals surface area contributed by atoms with Crippen molar-refractivity contribution in [1.29, 1.82) is 0 Å². The standard InChI is InChI=1S/C30H34ClF2N5O3S/c1-17(2)25-27(42-16-34-25)36-28(39)35-26(38-12-11-37(15-18(38)3)29(40)41-30(4,5)6)21-13-22(31)20(14-24(21)33)19-9-7-8-10-23(19)32/h7-10,13-14,16-18H,11-12,15H2,1-6H3,(H,36,39). The second-order valence-corrected chi connectivity index (χ2v) is 12.6. The number of aliphatic imine (C=N–C) groups is 1. The van der Waals surface area contributed by atoms with E-state index in [9.17, 15) is 14.0 Å². The summed E-state index contributed by atoms with van der Waals surface area (Å²) >= 11 is 7.84. The minimum atomic E-state index is -0.730. The second-order valence-electron chi connectivity index (χ2n) is 11.3. The molecule has 8 nitrogen and oxygen atoms in total. The molecule has 224 valence electrons. The second kappa shape index (κ2) is 12.7. The number of anilines is 1. The Morgan fingerprint density at radius 2 is 1.86 bits per heavy atom. The number of halogens is 3. The zero-order valence-electron chi connectivity index (χ0n) is 24.4. The van der Waals surface area contributed by atoms with Crippen molar-refractivity contribution in [2.24, 2.45) is 4.99 Å². The monoisotopic (exact) mass is 617 g/mol. The third-order valence-corrected chi connectivity index (χ3v) is 7.65. The lowest BCUT2D eigenvalue weighted by molar-refractivity contribution is 0.0133. The maximum absolute atomic E-state index is 15.9. The lowest BCUT2D eigenvalue weighted by atomic mass is 10.0. The van der Waals surface area contributed by atoms with E-state index < -0.39 is 29.4 Å². The van der Waals surface area contributed by atoms with Crippen LogP contribution in [-0.4, -0.2) is 64.0 Å². The smallest absolute Gasteiger partial charge is 0.410 e. The molecule has 12 heteroatoms. The lowest BCUT2D eigenvalue weighted by Crippen LogP contribution is -2.56. The van der Waals surface area contributed by atoms with E-state index in [0.717, 1.165) is 6.07 Å². The Kier molecular flexibility index (Phi) is 9.52.